The van der Waals surface area contributed by atoms with E-state index in [-0.39, 0.29) is 23.9 Å². The highest BCUT2D eigenvalue weighted by Crippen LogP contribution is 2.19. The van der Waals surface area contributed by atoms with Gasteiger partial charge < -0.3 is 9.64 Å². The van der Waals surface area contributed by atoms with Crippen LogP contribution in [0.4, 0.5) is 0 Å². The molecule has 1 saturated heterocycles. The Morgan fingerprint density at radius 1 is 1.62 bits per heavy atom. The van der Waals surface area contributed by atoms with Crippen molar-refractivity contribution in [1.29, 1.82) is 0 Å². The third-order valence-corrected chi connectivity index (χ3v) is 2.94. The molecule has 0 radical (unpaired) electrons. The molecule has 2 rings (SSSR count). The number of likely N-dealkylation sites (N-methyl/N-ethyl adjacent to an activating group) is 1. The lowest BCUT2D eigenvalue weighted by Gasteiger charge is -2.25. The smallest absolute Gasteiger partial charge is 0.293 e. The minimum Gasteiger partial charge on any atom is -0.376 e. The number of H-pyrrole nitrogens is 1. The van der Waals surface area contributed by atoms with Crippen molar-refractivity contribution in [3.63, 3.8) is 0 Å². The van der Waals surface area contributed by atoms with Gasteiger partial charge in [0.25, 0.3) is 5.91 Å². The van der Waals surface area contributed by atoms with Gasteiger partial charge in [-0.1, -0.05) is 0 Å². The molecule has 0 spiro atoms. The van der Waals surface area contributed by atoms with E-state index in [0.29, 0.717) is 12.4 Å². The maximum atomic E-state index is 12.0. The maximum Gasteiger partial charge on any atom is 0.293 e. The predicted octanol–water partition coefficient (Wildman–Crippen LogP) is 0.363. The van der Waals surface area contributed by atoms with E-state index in [1.165, 1.54) is 0 Å². The average molecular weight is 224 g/mol. The van der Waals surface area contributed by atoms with E-state index >= 15 is 0 Å². The summed E-state index contributed by atoms with van der Waals surface area (Å²) in [6.07, 6.45) is 0.946. The van der Waals surface area contributed by atoms with E-state index in [1.54, 1.807) is 18.9 Å². The number of carbonyl (C=O) groups is 1. The Kier molecular flexibility index (Phi) is 2.91. The van der Waals surface area contributed by atoms with Crippen molar-refractivity contribution in [2.75, 3.05) is 13.7 Å². The molecule has 6 nitrogen and oxygen atoms in total. The lowest BCUT2D eigenvalue weighted by Crippen LogP contribution is -2.41. The first-order valence-electron chi connectivity index (χ1n) is 5.37. The molecule has 0 aliphatic carbocycles. The summed E-state index contributed by atoms with van der Waals surface area (Å²) in [5.41, 5.74) is 0. The van der Waals surface area contributed by atoms with Crippen LogP contribution in [0.25, 0.3) is 0 Å². The highest BCUT2D eigenvalue weighted by Gasteiger charge is 2.32. The van der Waals surface area contributed by atoms with Gasteiger partial charge in [-0.3, -0.25) is 9.89 Å². The highest BCUT2D eigenvalue weighted by molar-refractivity contribution is 5.90. The Hall–Kier alpha value is -1.43. The van der Waals surface area contributed by atoms with Crippen molar-refractivity contribution in [3.8, 4) is 0 Å². The van der Waals surface area contributed by atoms with Crippen molar-refractivity contribution in [2.24, 2.45) is 0 Å². The molecule has 1 aliphatic rings. The van der Waals surface area contributed by atoms with E-state index in [0.717, 1.165) is 6.42 Å². The number of aromatic amines is 1. The van der Waals surface area contributed by atoms with Crippen molar-refractivity contribution < 1.29 is 9.53 Å². The molecule has 2 heterocycles. The zero-order valence-electron chi connectivity index (χ0n) is 9.73. The predicted molar refractivity (Wildman–Crippen MR) is 57.0 cm³/mol. The number of rotatable bonds is 2. The number of ether oxygens (including phenoxy) is 1. The summed E-state index contributed by atoms with van der Waals surface area (Å²) in [5.74, 6) is 0.707. The lowest BCUT2D eigenvalue weighted by atomic mass is 10.1. The standard InChI is InChI=1S/C10H16N4O2/c1-6-8(4-5-16-6)14(3)10(15)9-11-7(2)12-13-9/h6,8H,4-5H2,1-3H3,(H,11,12,13). The number of aryl methyl sites for hydroxylation is 1. The molecule has 16 heavy (non-hydrogen) atoms. The summed E-state index contributed by atoms with van der Waals surface area (Å²) in [4.78, 5) is 17.7. The van der Waals surface area contributed by atoms with Gasteiger partial charge in [0.15, 0.2) is 0 Å². The molecule has 0 saturated carbocycles. The fourth-order valence-electron chi connectivity index (χ4n) is 1.98. The molecule has 0 aromatic carbocycles. The van der Waals surface area contributed by atoms with Gasteiger partial charge in [-0.2, -0.15) is 0 Å². The summed E-state index contributed by atoms with van der Waals surface area (Å²) in [6, 6.07) is 0.117. The summed E-state index contributed by atoms with van der Waals surface area (Å²) in [6.45, 7) is 4.45. The molecule has 0 bridgehead atoms. The zero-order chi connectivity index (χ0) is 11.7. The molecule has 88 valence electrons. The number of carbonyl (C=O) groups excluding carboxylic acids is 1. The Balaban J connectivity index is 2.10. The number of nitrogens with one attached hydrogen (secondary N) is 1. The first-order valence-corrected chi connectivity index (χ1v) is 5.37. The van der Waals surface area contributed by atoms with Crippen molar-refractivity contribution >= 4 is 5.91 Å². The molecule has 1 aromatic heterocycles. The maximum absolute atomic E-state index is 12.0. The molecular formula is C10H16N4O2. The zero-order valence-corrected chi connectivity index (χ0v) is 9.73. The fraction of sp³-hybridized carbons (Fsp3) is 0.700. The van der Waals surface area contributed by atoms with Gasteiger partial charge >= 0.3 is 0 Å². The summed E-state index contributed by atoms with van der Waals surface area (Å²) >= 11 is 0. The van der Waals surface area contributed by atoms with Gasteiger partial charge in [-0.05, 0) is 20.3 Å². The third kappa shape index (κ3) is 1.92. The average Bonchev–Trinajstić information content (AvgIpc) is 2.85. The molecule has 2 atom stereocenters. The van der Waals surface area contributed by atoms with Crippen LogP contribution >= 0.6 is 0 Å². The summed E-state index contributed by atoms with van der Waals surface area (Å²) < 4.78 is 5.44. The van der Waals surface area contributed by atoms with E-state index < -0.39 is 0 Å². The highest BCUT2D eigenvalue weighted by atomic mass is 16.5. The van der Waals surface area contributed by atoms with Gasteiger partial charge in [0.05, 0.1) is 12.1 Å². The Morgan fingerprint density at radius 2 is 2.38 bits per heavy atom. The van der Waals surface area contributed by atoms with Gasteiger partial charge in [0, 0.05) is 13.7 Å². The van der Waals surface area contributed by atoms with Crippen LogP contribution in [-0.4, -0.2) is 51.8 Å². The van der Waals surface area contributed by atoms with Crippen LogP contribution in [0.1, 0.15) is 29.8 Å². The second kappa shape index (κ2) is 4.21. The van der Waals surface area contributed by atoms with Crippen LogP contribution in [0, 0.1) is 6.92 Å². The number of amides is 1. The van der Waals surface area contributed by atoms with E-state index in [9.17, 15) is 4.79 Å². The van der Waals surface area contributed by atoms with Crippen LogP contribution in [0.15, 0.2) is 0 Å². The number of hydrogen-bond acceptors (Lipinski definition) is 4. The summed E-state index contributed by atoms with van der Waals surface area (Å²) in [7, 11) is 1.77. The van der Waals surface area contributed by atoms with Crippen LogP contribution in [0.5, 0.6) is 0 Å². The second-order valence-electron chi connectivity index (χ2n) is 4.09. The van der Waals surface area contributed by atoms with Gasteiger partial charge in [0.2, 0.25) is 5.82 Å². The Morgan fingerprint density at radius 3 is 2.88 bits per heavy atom. The first kappa shape index (κ1) is 11.1. The molecular weight excluding hydrogens is 208 g/mol. The van der Waals surface area contributed by atoms with Crippen LogP contribution < -0.4 is 0 Å². The SMILES string of the molecule is Cc1nc(C(=O)N(C)C2CCOC2C)n[nH]1. The normalized spacial score (nSPS) is 24.7. The molecule has 1 aliphatic heterocycles. The van der Waals surface area contributed by atoms with E-state index in [4.69, 9.17) is 4.74 Å². The van der Waals surface area contributed by atoms with Crippen molar-refractivity contribution in [3.05, 3.63) is 11.6 Å². The van der Waals surface area contributed by atoms with Crippen molar-refractivity contribution in [1.82, 2.24) is 20.1 Å². The first-order chi connectivity index (χ1) is 7.59. The van der Waals surface area contributed by atoms with Gasteiger partial charge in [0.1, 0.15) is 5.82 Å². The molecule has 1 amide bonds. The van der Waals surface area contributed by atoms with Crippen LogP contribution in [0.3, 0.4) is 0 Å². The molecule has 6 heteroatoms. The van der Waals surface area contributed by atoms with Gasteiger partial charge in [-0.25, -0.2) is 4.98 Å². The molecule has 1 fully saturated rings. The van der Waals surface area contributed by atoms with Crippen LogP contribution in [0.2, 0.25) is 0 Å². The molecule has 2 unspecified atom stereocenters. The van der Waals surface area contributed by atoms with E-state index in [1.807, 2.05) is 6.92 Å². The van der Waals surface area contributed by atoms with Crippen molar-refractivity contribution in [2.45, 2.75) is 32.4 Å². The molecule has 1 N–H and O–H groups in total. The Labute approximate surface area is 94.0 Å². The van der Waals surface area contributed by atoms with E-state index in [2.05, 4.69) is 15.2 Å². The fourth-order valence-corrected chi connectivity index (χ4v) is 1.98. The third-order valence-electron chi connectivity index (χ3n) is 2.94. The number of nitrogens with zero attached hydrogens (tertiary/aromatic N) is 3. The largest absolute Gasteiger partial charge is 0.376 e. The minimum atomic E-state index is -0.160. The second-order valence-corrected chi connectivity index (χ2v) is 4.09. The minimum absolute atomic E-state index is 0.0778. The lowest BCUT2D eigenvalue weighted by molar-refractivity contribution is 0.0565. The number of hydrogen-bond donors (Lipinski definition) is 1. The summed E-state index contributed by atoms with van der Waals surface area (Å²) in [5, 5.41) is 6.53. The van der Waals surface area contributed by atoms with Crippen LogP contribution in [-0.2, 0) is 4.74 Å². The monoisotopic (exact) mass is 224 g/mol. The quantitative estimate of drug-likeness (QED) is 0.787. The topological polar surface area (TPSA) is 71.1 Å². The molecule has 1 aromatic rings. The number of aromatic nitrogens is 3. The van der Waals surface area contributed by atoms with Gasteiger partial charge in [-0.15, -0.1) is 5.10 Å². The Bertz CT molecular complexity index is 390.